The summed E-state index contributed by atoms with van der Waals surface area (Å²) in [5.74, 6) is -0.826. The molecule has 31 heavy (non-hydrogen) atoms. The van der Waals surface area contributed by atoms with Gasteiger partial charge in [0.15, 0.2) is 0 Å². The lowest BCUT2D eigenvalue weighted by Crippen LogP contribution is -2.31. The van der Waals surface area contributed by atoms with Crippen molar-refractivity contribution < 1.29 is 22.7 Å². The van der Waals surface area contributed by atoms with E-state index in [1.54, 1.807) is 11.0 Å². The summed E-state index contributed by atoms with van der Waals surface area (Å²) < 4.78 is 45.4. The van der Waals surface area contributed by atoms with Gasteiger partial charge in [-0.15, -0.1) is 0 Å². The molecule has 1 aliphatic heterocycles. The van der Waals surface area contributed by atoms with Crippen molar-refractivity contribution in [2.24, 2.45) is 11.8 Å². The molecular formula is C23H24F3N3O2. The first-order valence-corrected chi connectivity index (χ1v) is 9.87. The molecule has 1 heterocycles. The molecule has 1 fully saturated rings. The molecule has 0 unspecified atom stereocenters. The van der Waals surface area contributed by atoms with Crippen molar-refractivity contribution in [1.82, 2.24) is 0 Å². The van der Waals surface area contributed by atoms with E-state index < -0.39 is 23.2 Å². The maximum atomic E-state index is 13.4. The van der Waals surface area contributed by atoms with E-state index in [9.17, 15) is 18.0 Å². The smallest absolute Gasteiger partial charge is 0.384 e. The molecule has 2 aromatic rings. The molecule has 0 saturated carbocycles. The number of hydrogen-bond acceptors (Lipinski definition) is 4. The van der Waals surface area contributed by atoms with E-state index in [-0.39, 0.29) is 18.4 Å². The second kappa shape index (κ2) is 8.98. The van der Waals surface area contributed by atoms with Crippen LogP contribution in [0.2, 0.25) is 0 Å². The maximum absolute atomic E-state index is 13.4. The van der Waals surface area contributed by atoms with Crippen molar-refractivity contribution in [2.45, 2.75) is 20.0 Å². The molecule has 5 nitrogen and oxygen atoms in total. The third-order valence-electron chi connectivity index (χ3n) is 5.60. The van der Waals surface area contributed by atoms with E-state index in [2.05, 4.69) is 5.32 Å². The van der Waals surface area contributed by atoms with Gasteiger partial charge in [-0.1, -0.05) is 12.1 Å². The Hall–Kier alpha value is -3.05. The van der Waals surface area contributed by atoms with E-state index in [0.29, 0.717) is 18.8 Å². The Labute approximate surface area is 179 Å². The van der Waals surface area contributed by atoms with Gasteiger partial charge in [-0.3, -0.25) is 4.79 Å². The Balaban J connectivity index is 1.85. The van der Waals surface area contributed by atoms with Crippen LogP contribution < -0.4 is 10.2 Å². The van der Waals surface area contributed by atoms with Crippen molar-refractivity contribution >= 4 is 17.3 Å². The number of methoxy groups -OCH3 is 1. The highest BCUT2D eigenvalue weighted by molar-refractivity contribution is 5.94. The first kappa shape index (κ1) is 22.6. The van der Waals surface area contributed by atoms with Crippen LogP contribution in [0, 0.1) is 37.0 Å². The van der Waals surface area contributed by atoms with Gasteiger partial charge in [-0.25, -0.2) is 0 Å². The van der Waals surface area contributed by atoms with Gasteiger partial charge in [0, 0.05) is 37.5 Å². The van der Waals surface area contributed by atoms with Gasteiger partial charge in [-0.05, 0) is 49.2 Å². The molecule has 0 aliphatic carbocycles. The second-order valence-corrected chi connectivity index (χ2v) is 7.87. The van der Waals surface area contributed by atoms with Crippen molar-refractivity contribution in [3.8, 4) is 6.07 Å². The molecule has 3 rings (SSSR count). The molecular weight excluding hydrogens is 407 g/mol. The van der Waals surface area contributed by atoms with Crippen LogP contribution in [0.25, 0.3) is 0 Å². The van der Waals surface area contributed by atoms with Crippen LogP contribution in [-0.4, -0.2) is 32.7 Å². The average Bonchev–Trinajstić information content (AvgIpc) is 3.14. The molecule has 164 valence electrons. The number of carbonyl (C=O) groups is 1. The van der Waals surface area contributed by atoms with E-state index in [0.717, 1.165) is 22.9 Å². The Morgan fingerprint density at radius 1 is 1.23 bits per heavy atom. The van der Waals surface area contributed by atoms with E-state index >= 15 is 0 Å². The molecule has 0 radical (unpaired) electrons. The Kier molecular flexibility index (Phi) is 6.56. The number of carbonyl (C=O) groups excluding carboxylic acids is 1. The number of anilines is 2. The number of alkyl halides is 3. The summed E-state index contributed by atoms with van der Waals surface area (Å²) in [4.78, 5) is 14.8. The van der Waals surface area contributed by atoms with Crippen molar-refractivity contribution in [2.75, 3.05) is 37.0 Å². The highest BCUT2D eigenvalue weighted by Crippen LogP contribution is 2.37. The Bertz CT molecular complexity index is 1010. The van der Waals surface area contributed by atoms with Crippen LogP contribution in [-0.2, 0) is 15.7 Å². The van der Waals surface area contributed by atoms with Gasteiger partial charge in [0.1, 0.15) is 0 Å². The van der Waals surface area contributed by atoms with Gasteiger partial charge in [0.25, 0.3) is 0 Å². The molecule has 2 aromatic carbocycles. The lowest BCUT2D eigenvalue weighted by molar-refractivity contribution is -0.137. The van der Waals surface area contributed by atoms with Gasteiger partial charge in [0.05, 0.1) is 29.7 Å². The molecule has 1 N–H and O–H groups in total. The number of amides is 1. The molecule has 0 spiro atoms. The molecule has 1 saturated heterocycles. The SMILES string of the molecule is COC[C@H]1CN(c2ccc(C#N)c(C(F)(F)F)c2)C[C@@H]1C(=O)Nc1cc(C)ccc1C. The summed E-state index contributed by atoms with van der Waals surface area (Å²) in [7, 11) is 1.53. The summed E-state index contributed by atoms with van der Waals surface area (Å²) >= 11 is 0. The average molecular weight is 431 g/mol. The molecule has 0 aromatic heterocycles. The second-order valence-electron chi connectivity index (χ2n) is 7.87. The first-order valence-electron chi connectivity index (χ1n) is 9.87. The monoisotopic (exact) mass is 431 g/mol. The minimum absolute atomic E-state index is 0.180. The number of nitrogens with zero attached hydrogens (tertiary/aromatic N) is 2. The fourth-order valence-electron chi connectivity index (χ4n) is 3.92. The number of benzene rings is 2. The first-order chi connectivity index (χ1) is 14.6. The lowest BCUT2D eigenvalue weighted by atomic mass is 9.95. The highest BCUT2D eigenvalue weighted by Gasteiger charge is 2.39. The fraction of sp³-hybridized carbons (Fsp3) is 0.391. The third kappa shape index (κ3) is 5.00. The number of nitriles is 1. The minimum Gasteiger partial charge on any atom is -0.384 e. The number of halogens is 3. The predicted octanol–water partition coefficient (Wildman–Crippen LogP) is 4.53. The number of rotatable bonds is 5. The van der Waals surface area contributed by atoms with Crippen LogP contribution in [0.5, 0.6) is 0 Å². The molecule has 2 atom stereocenters. The Morgan fingerprint density at radius 2 is 1.97 bits per heavy atom. The number of aryl methyl sites for hydroxylation is 2. The van der Waals surface area contributed by atoms with E-state index in [1.807, 2.05) is 32.0 Å². The third-order valence-corrected chi connectivity index (χ3v) is 5.60. The van der Waals surface area contributed by atoms with Crippen LogP contribution in [0.1, 0.15) is 22.3 Å². The van der Waals surface area contributed by atoms with Crippen LogP contribution >= 0.6 is 0 Å². The van der Waals surface area contributed by atoms with E-state index in [1.165, 1.54) is 19.2 Å². The normalized spacial score (nSPS) is 18.7. The van der Waals surface area contributed by atoms with Gasteiger partial charge in [0.2, 0.25) is 5.91 Å². The number of ether oxygens (including phenoxy) is 1. The molecule has 8 heteroatoms. The summed E-state index contributed by atoms with van der Waals surface area (Å²) in [5.41, 5.74) is 1.60. The summed E-state index contributed by atoms with van der Waals surface area (Å²) in [6.45, 7) is 4.78. The standard InChI is InChI=1S/C23H24F3N3O2/c1-14-4-5-15(2)21(8-14)28-22(30)19-12-29(11-17(19)13-31-3)18-7-6-16(10-27)20(9-18)23(24,25)26/h4-9,17,19H,11-13H2,1-3H3,(H,28,30)/t17-,19+/m1/s1. The van der Waals surface area contributed by atoms with E-state index in [4.69, 9.17) is 10.00 Å². The Morgan fingerprint density at radius 3 is 2.61 bits per heavy atom. The molecule has 1 aliphatic rings. The van der Waals surface area contributed by atoms with Crippen LogP contribution in [0.15, 0.2) is 36.4 Å². The zero-order chi connectivity index (χ0) is 22.8. The largest absolute Gasteiger partial charge is 0.417 e. The van der Waals surface area contributed by atoms with Crippen molar-refractivity contribution in [3.63, 3.8) is 0 Å². The molecule has 0 bridgehead atoms. The predicted molar refractivity (Wildman–Crippen MR) is 112 cm³/mol. The fourth-order valence-corrected chi connectivity index (χ4v) is 3.92. The highest BCUT2D eigenvalue weighted by atomic mass is 19.4. The van der Waals surface area contributed by atoms with Crippen molar-refractivity contribution in [1.29, 1.82) is 5.26 Å². The zero-order valence-corrected chi connectivity index (χ0v) is 17.6. The summed E-state index contributed by atoms with van der Waals surface area (Å²) in [6, 6.07) is 11.0. The van der Waals surface area contributed by atoms with Gasteiger partial charge in [-0.2, -0.15) is 18.4 Å². The lowest BCUT2D eigenvalue weighted by Gasteiger charge is -2.20. The zero-order valence-electron chi connectivity index (χ0n) is 17.6. The number of nitrogens with one attached hydrogen (secondary N) is 1. The van der Waals surface area contributed by atoms with Crippen LogP contribution in [0.3, 0.4) is 0 Å². The van der Waals surface area contributed by atoms with Crippen molar-refractivity contribution in [3.05, 3.63) is 58.7 Å². The minimum atomic E-state index is -4.63. The maximum Gasteiger partial charge on any atom is 0.417 e. The summed E-state index contributed by atoms with van der Waals surface area (Å²) in [6.07, 6.45) is -4.63. The summed E-state index contributed by atoms with van der Waals surface area (Å²) in [5, 5.41) is 12.0. The van der Waals surface area contributed by atoms with Crippen LogP contribution in [0.4, 0.5) is 24.5 Å². The van der Waals surface area contributed by atoms with Gasteiger partial charge < -0.3 is 15.0 Å². The van der Waals surface area contributed by atoms with Gasteiger partial charge >= 0.3 is 6.18 Å². The quantitative estimate of drug-likeness (QED) is 0.756. The number of hydrogen-bond donors (Lipinski definition) is 1. The topological polar surface area (TPSA) is 65.4 Å². The molecule has 1 amide bonds.